The van der Waals surface area contributed by atoms with Crippen LogP contribution < -0.4 is 5.73 Å². The van der Waals surface area contributed by atoms with Crippen molar-refractivity contribution in [2.24, 2.45) is 11.1 Å². The molecule has 0 unspecified atom stereocenters. The number of carbonyl (C=O) groups is 3. The molecule has 1 spiro atoms. The van der Waals surface area contributed by atoms with Gasteiger partial charge in [-0.05, 0) is 67.9 Å². The van der Waals surface area contributed by atoms with E-state index in [9.17, 15) is 14.4 Å². The van der Waals surface area contributed by atoms with Crippen molar-refractivity contribution in [1.82, 2.24) is 14.7 Å². The average Bonchev–Trinajstić information content (AvgIpc) is 3.37. The normalized spacial score (nSPS) is 19.2. The maximum Gasteiger partial charge on any atom is 0.253 e. The molecule has 2 N–H and O–H groups in total. The zero-order valence-electron chi connectivity index (χ0n) is 18.6. The Hall–Kier alpha value is -3.22. The molecule has 2 amide bonds. The lowest BCUT2D eigenvalue weighted by atomic mass is 9.67. The number of hydrogen-bond acceptors (Lipinski definition) is 4. The van der Waals surface area contributed by atoms with E-state index in [-0.39, 0.29) is 23.1 Å². The fourth-order valence-electron chi connectivity index (χ4n) is 5.46. The molecule has 0 bridgehead atoms. The van der Waals surface area contributed by atoms with Gasteiger partial charge in [-0.3, -0.25) is 19.1 Å². The second kappa shape index (κ2) is 7.43. The zero-order chi connectivity index (χ0) is 22.6. The highest BCUT2D eigenvalue weighted by atomic mass is 16.2. The molecule has 2 aliphatic carbocycles. The molecule has 3 aliphatic rings. The lowest BCUT2D eigenvalue weighted by Crippen LogP contribution is -2.46. The van der Waals surface area contributed by atoms with Crippen molar-refractivity contribution in [3.8, 4) is 0 Å². The summed E-state index contributed by atoms with van der Waals surface area (Å²) in [5.41, 5.74) is 10.3. The molecule has 5 rings (SSSR count). The number of carbonyl (C=O) groups excluding carboxylic acids is 3. The first kappa shape index (κ1) is 20.7. The number of fused-ring (bicyclic) bond motifs is 2. The summed E-state index contributed by atoms with van der Waals surface area (Å²) in [4.78, 5) is 39.5. The minimum atomic E-state index is -0.417. The van der Waals surface area contributed by atoms with Gasteiger partial charge in [-0.25, -0.2) is 0 Å². The van der Waals surface area contributed by atoms with Crippen LogP contribution in [0.5, 0.6) is 0 Å². The van der Waals surface area contributed by atoms with Gasteiger partial charge in [-0.2, -0.15) is 5.10 Å². The number of Topliss-reactive ketones (excluding diaryl/α,β-unsaturated/α-hetero) is 1. The van der Waals surface area contributed by atoms with E-state index in [1.54, 1.807) is 6.08 Å². The molecular formula is C25H28N4O3. The maximum absolute atomic E-state index is 13.2. The molecule has 2 aromatic rings. The first-order valence-electron chi connectivity index (χ1n) is 11.3. The Balaban J connectivity index is 1.29. The molecule has 2 heterocycles. The van der Waals surface area contributed by atoms with Crippen LogP contribution in [0.1, 0.15) is 76.7 Å². The molecule has 166 valence electrons. The van der Waals surface area contributed by atoms with Gasteiger partial charge < -0.3 is 10.6 Å². The maximum atomic E-state index is 13.2. The molecule has 1 aromatic heterocycles. The van der Waals surface area contributed by atoms with Crippen LogP contribution in [-0.4, -0.2) is 45.4 Å². The largest absolute Gasteiger partial charge is 0.366 e. The second-order valence-electron chi connectivity index (χ2n) is 9.75. The molecular weight excluding hydrogens is 404 g/mol. The molecule has 0 radical (unpaired) electrons. The number of nitrogens with zero attached hydrogens (tertiary/aromatic N) is 3. The Labute approximate surface area is 187 Å². The van der Waals surface area contributed by atoms with Crippen LogP contribution in [-0.2, 0) is 17.6 Å². The van der Waals surface area contributed by atoms with Gasteiger partial charge in [0.25, 0.3) is 5.91 Å². The van der Waals surface area contributed by atoms with Crippen LogP contribution in [0.15, 0.2) is 30.0 Å². The number of piperidine rings is 1. The fourth-order valence-corrected chi connectivity index (χ4v) is 5.46. The topological polar surface area (TPSA) is 98.3 Å². The van der Waals surface area contributed by atoms with Crippen LogP contribution in [0.4, 0.5) is 0 Å². The fraction of sp³-hybridized carbons (Fsp3) is 0.440. The van der Waals surface area contributed by atoms with Crippen molar-refractivity contribution >= 4 is 23.7 Å². The Morgan fingerprint density at radius 2 is 1.88 bits per heavy atom. The van der Waals surface area contributed by atoms with Crippen molar-refractivity contribution in [3.05, 3.63) is 57.9 Å². The molecule has 0 atom stereocenters. The SMILES string of the molecule is CC(C)n1ncc2c1C(=O)CC1(CCN(C(=O)c3ccc4c(c3)C=C(C(N)=O)C4)CC1)C2. The van der Waals surface area contributed by atoms with Crippen molar-refractivity contribution < 1.29 is 14.4 Å². The predicted octanol–water partition coefficient (Wildman–Crippen LogP) is 2.94. The number of benzene rings is 1. The second-order valence-corrected chi connectivity index (χ2v) is 9.75. The highest BCUT2D eigenvalue weighted by molar-refractivity contribution is 6.01. The van der Waals surface area contributed by atoms with E-state index in [2.05, 4.69) is 5.10 Å². The Morgan fingerprint density at radius 1 is 1.12 bits per heavy atom. The quantitative estimate of drug-likeness (QED) is 0.806. The smallest absolute Gasteiger partial charge is 0.253 e. The van der Waals surface area contributed by atoms with Gasteiger partial charge in [-0.15, -0.1) is 0 Å². The molecule has 7 nitrogen and oxygen atoms in total. The number of amides is 2. The molecule has 1 saturated heterocycles. The Morgan fingerprint density at radius 3 is 2.56 bits per heavy atom. The summed E-state index contributed by atoms with van der Waals surface area (Å²) >= 11 is 0. The Bertz CT molecular complexity index is 1170. The summed E-state index contributed by atoms with van der Waals surface area (Å²) in [5.74, 6) is -0.244. The van der Waals surface area contributed by atoms with Crippen LogP contribution in [0.3, 0.4) is 0 Å². The molecule has 1 fully saturated rings. The standard InChI is InChI=1S/C25H28N4O3/c1-15(2)29-22-20(14-27-29)12-25(13-21(22)30)5-7-28(8-6-25)24(32)17-4-3-16-9-19(23(26)31)11-18(16)10-17/h3-4,10-11,14-15H,5-9,12-13H2,1-2H3,(H2,26,31). The summed E-state index contributed by atoms with van der Waals surface area (Å²) in [6.45, 7) is 5.36. The minimum absolute atomic E-state index is 0.000901. The van der Waals surface area contributed by atoms with E-state index >= 15 is 0 Å². The number of primary amides is 1. The summed E-state index contributed by atoms with van der Waals surface area (Å²) in [5, 5.41) is 4.45. The summed E-state index contributed by atoms with van der Waals surface area (Å²) in [7, 11) is 0. The van der Waals surface area contributed by atoms with Gasteiger partial charge in [0.1, 0.15) is 5.69 Å². The molecule has 1 aromatic carbocycles. The number of hydrogen-bond donors (Lipinski definition) is 1. The predicted molar refractivity (Wildman–Crippen MR) is 120 cm³/mol. The highest BCUT2D eigenvalue weighted by Gasteiger charge is 2.43. The number of aromatic nitrogens is 2. The first-order valence-corrected chi connectivity index (χ1v) is 11.3. The third-order valence-corrected chi connectivity index (χ3v) is 7.26. The van der Waals surface area contributed by atoms with Gasteiger partial charge in [0.05, 0.1) is 6.20 Å². The van der Waals surface area contributed by atoms with Crippen molar-refractivity contribution in [2.45, 2.75) is 52.0 Å². The summed E-state index contributed by atoms with van der Waals surface area (Å²) < 4.78 is 1.84. The van der Waals surface area contributed by atoms with Crippen molar-refractivity contribution in [3.63, 3.8) is 0 Å². The summed E-state index contributed by atoms with van der Waals surface area (Å²) in [6, 6.07) is 5.76. The number of ketones is 1. The molecule has 1 aliphatic heterocycles. The van der Waals surface area contributed by atoms with Gasteiger partial charge in [-0.1, -0.05) is 6.07 Å². The van der Waals surface area contributed by atoms with E-state index in [1.807, 2.05) is 47.8 Å². The number of nitrogens with two attached hydrogens (primary N) is 1. The average molecular weight is 433 g/mol. The highest BCUT2D eigenvalue weighted by Crippen LogP contribution is 2.44. The molecule has 32 heavy (non-hydrogen) atoms. The summed E-state index contributed by atoms with van der Waals surface area (Å²) in [6.07, 6.45) is 7.16. The van der Waals surface area contributed by atoms with Crippen LogP contribution in [0.25, 0.3) is 6.08 Å². The van der Waals surface area contributed by atoms with E-state index in [0.29, 0.717) is 37.1 Å². The number of rotatable bonds is 3. The van der Waals surface area contributed by atoms with E-state index in [4.69, 9.17) is 5.73 Å². The van der Waals surface area contributed by atoms with Crippen LogP contribution in [0, 0.1) is 5.41 Å². The van der Waals surface area contributed by atoms with Crippen LogP contribution >= 0.6 is 0 Å². The van der Waals surface area contributed by atoms with E-state index < -0.39 is 5.91 Å². The van der Waals surface area contributed by atoms with Gasteiger partial charge in [0.15, 0.2) is 5.78 Å². The van der Waals surface area contributed by atoms with E-state index in [0.717, 1.165) is 41.6 Å². The lowest BCUT2D eigenvalue weighted by molar-refractivity contribution is -0.114. The van der Waals surface area contributed by atoms with Gasteiger partial charge >= 0.3 is 0 Å². The monoisotopic (exact) mass is 432 g/mol. The number of likely N-dealkylation sites (tertiary alicyclic amines) is 1. The molecule has 7 heteroatoms. The zero-order valence-corrected chi connectivity index (χ0v) is 18.6. The third kappa shape index (κ3) is 3.36. The van der Waals surface area contributed by atoms with E-state index in [1.165, 1.54) is 0 Å². The van der Waals surface area contributed by atoms with Gasteiger partial charge in [0, 0.05) is 48.7 Å². The first-order chi connectivity index (χ1) is 15.3. The van der Waals surface area contributed by atoms with Crippen LogP contribution in [0.2, 0.25) is 0 Å². The Kier molecular flexibility index (Phi) is 4.80. The van der Waals surface area contributed by atoms with Gasteiger partial charge in [0.2, 0.25) is 5.91 Å². The third-order valence-electron chi connectivity index (χ3n) is 7.26. The lowest BCUT2D eigenvalue weighted by Gasteiger charge is -2.43. The van der Waals surface area contributed by atoms with Crippen molar-refractivity contribution in [2.75, 3.05) is 13.1 Å². The van der Waals surface area contributed by atoms with Crippen molar-refractivity contribution in [1.29, 1.82) is 0 Å². The minimum Gasteiger partial charge on any atom is -0.366 e. The molecule has 0 saturated carbocycles.